The maximum Gasteiger partial charge on any atom is 0.238 e. The first-order chi connectivity index (χ1) is 10.5. The van der Waals surface area contributed by atoms with Gasteiger partial charge in [-0.3, -0.25) is 4.79 Å². The van der Waals surface area contributed by atoms with Crippen molar-refractivity contribution in [1.29, 1.82) is 0 Å². The van der Waals surface area contributed by atoms with Crippen molar-refractivity contribution in [3.63, 3.8) is 0 Å². The Labute approximate surface area is 138 Å². The number of carbonyl (C=O) groups excluding carboxylic acids is 1. The SMILES string of the molecule is C[C@@H](NCC(=O)Nc1cccc(F)c1)c1ccc(Cl)cc1Cl. The maximum atomic E-state index is 13.0. The Hall–Kier alpha value is -1.62. The highest BCUT2D eigenvalue weighted by Gasteiger charge is 2.11. The standard InChI is InChI=1S/C16H15Cl2FN2O/c1-10(14-6-5-11(17)7-15(14)18)20-9-16(22)21-13-4-2-3-12(19)8-13/h2-8,10,20H,9H2,1H3,(H,21,22)/t10-/m1/s1. The highest BCUT2D eigenvalue weighted by atomic mass is 35.5. The van der Waals surface area contributed by atoms with Crippen LogP contribution in [0, 0.1) is 5.82 Å². The molecule has 0 saturated heterocycles. The third-order valence-corrected chi connectivity index (χ3v) is 3.67. The number of halogens is 3. The van der Waals surface area contributed by atoms with Gasteiger partial charge in [-0.25, -0.2) is 4.39 Å². The fourth-order valence-corrected chi connectivity index (χ4v) is 2.55. The molecule has 0 unspecified atom stereocenters. The molecular weight excluding hydrogens is 326 g/mol. The van der Waals surface area contributed by atoms with Gasteiger partial charge in [0.15, 0.2) is 0 Å². The van der Waals surface area contributed by atoms with Crippen molar-refractivity contribution < 1.29 is 9.18 Å². The lowest BCUT2D eigenvalue weighted by molar-refractivity contribution is -0.115. The van der Waals surface area contributed by atoms with Crippen LogP contribution in [0.25, 0.3) is 0 Å². The number of hydrogen-bond donors (Lipinski definition) is 2. The maximum absolute atomic E-state index is 13.0. The lowest BCUT2D eigenvalue weighted by Gasteiger charge is -2.16. The van der Waals surface area contributed by atoms with Crippen molar-refractivity contribution >= 4 is 34.8 Å². The second-order valence-electron chi connectivity index (χ2n) is 4.83. The molecule has 2 aromatic carbocycles. The van der Waals surface area contributed by atoms with Crippen LogP contribution in [0.1, 0.15) is 18.5 Å². The van der Waals surface area contributed by atoms with Crippen molar-refractivity contribution in [2.24, 2.45) is 0 Å². The van der Waals surface area contributed by atoms with Crippen LogP contribution in [-0.2, 0) is 4.79 Å². The average Bonchev–Trinajstić information content (AvgIpc) is 2.45. The molecule has 0 aliphatic heterocycles. The van der Waals surface area contributed by atoms with E-state index in [2.05, 4.69) is 10.6 Å². The van der Waals surface area contributed by atoms with Crippen molar-refractivity contribution in [3.05, 3.63) is 63.9 Å². The molecule has 6 heteroatoms. The topological polar surface area (TPSA) is 41.1 Å². The van der Waals surface area contributed by atoms with Gasteiger partial charge in [0, 0.05) is 21.8 Å². The third-order valence-electron chi connectivity index (χ3n) is 3.11. The second kappa shape index (κ2) is 7.58. The third kappa shape index (κ3) is 4.70. The average molecular weight is 341 g/mol. The number of amides is 1. The summed E-state index contributed by atoms with van der Waals surface area (Å²) in [5.74, 6) is -0.658. The van der Waals surface area contributed by atoms with Crippen molar-refractivity contribution in [2.75, 3.05) is 11.9 Å². The van der Waals surface area contributed by atoms with Crippen molar-refractivity contribution in [1.82, 2.24) is 5.32 Å². The first kappa shape index (κ1) is 16.7. The number of nitrogens with one attached hydrogen (secondary N) is 2. The Bertz CT molecular complexity index is 679. The van der Waals surface area contributed by atoms with Gasteiger partial charge >= 0.3 is 0 Å². The fourth-order valence-electron chi connectivity index (χ4n) is 1.98. The molecule has 3 nitrogen and oxygen atoms in total. The van der Waals surface area contributed by atoms with Crippen molar-refractivity contribution in [3.8, 4) is 0 Å². The summed E-state index contributed by atoms with van der Waals surface area (Å²) in [6.45, 7) is 1.97. The van der Waals surface area contributed by atoms with E-state index in [9.17, 15) is 9.18 Å². The molecule has 0 heterocycles. The molecule has 1 atom stereocenters. The van der Waals surface area contributed by atoms with E-state index in [1.807, 2.05) is 13.0 Å². The Kier molecular flexibility index (Phi) is 5.77. The molecule has 1 amide bonds. The fraction of sp³-hybridized carbons (Fsp3) is 0.188. The number of carbonyl (C=O) groups is 1. The number of benzene rings is 2. The second-order valence-corrected chi connectivity index (χ2v) is 5.67. The molecule has 0 radical (unpaired) electrons. The Morgan fingerprint density at radius 1 is 1.23 bits per heavy atom. The minimum absolute atomic E-state index is 0.0800. The van der Waals surface area contributed by atoms with Gasteiger partial charge in [0.1, 0.15) is 5.82 Å². The van der Waals surface area contributed by atoms with Crippen LogP contribution in [0.4, 0.5) is 10.1 Å². The van der Waals surface area contributed by atoms with Crippen LogP contribution >= 0.6 is 23.2 Å². The number of hydrogen-bond acceptors (Lipinski definition) is 2. The van der Waals surface area contributed by atoms with E-state index >= 15 is 0 Å². The zero-order valence-electron chi connectivity index (χ0n) is 11.9. The van der Waals surface area contributed by atoms with Crippen LogP contribution in [0.3, 0.4) is 0 Å². The smallest absolute Gasteiger partial charge is 0.238 e. The van der Waals surface area contributed by atoms with Crippen LogP contribution in [-0.4, -0.2) is 12.5 Å². The van der Waals surface area contributed by atoms with Gasteiger partial charge in [0.05, 0.1) is 6.54 Å². The Balaban J connectivity index is 1.90. The molecule has 22 heavy (non-hydrogen) atoms. The summed E-state index contributed by atoms with van der Waals surface area (Å²) in [5, 5.41) is 6.78. The summed E-state index contributed by atoms with van der Waals surface area (Å²) < 4.78 is 13.0. The van der Waals surface area contributed by atoms with Crippen LogP contribution in [0.15, 0.2) is 42.5 Å². The highest BCUT2D eigenvalue weighted by molar-refractivity contribution is 6.35. The summed E-state index contributed by atoms with van der Waals surface area (Å²) in [6, 6.07) is 10.8. The van der Waals surface area contributed by atoms with E-state index in [4.69, 9.17) is 23.2 Å². The molecule has 116 valence electrons. The molecule has 0 spiro atoms. The van der Waals surface area contributed by atoms with Gasteiger partial charge in [-0.1, -0.05) is 35.3 Å². The quantitative estimate of drug-likeness (QED) is 0.845. The summed E-state index contributed by atoms with van der Waals surface area (Å²) in [5.41, 5.74) is 1.27. The van der Waals surface area contributed by atoms with Crippen LogP contribution in [0.5, 0.6) is 0 Å². The molecule has 0 aliphatic rings. The van der Waals surface area contributed by atoms with E-state index in [0.717, 1.165) is 5.56 Å². The summed E-state index contributed by atoms with van der Waals surface area (Å²) in [6.07, 6.45) is 0. The predicted molar refractivity (Wildman–Crippen MR) is 87.9 cm³/mol. The molecule has 0 aliphatic carbocycles. The lowest BCUT2D eigenvalue weighted by atomic mass is 10.1. The van der Waals surface area contributed by atoms with Gasteiger partial charge in [-0.15, -0.1) is 0 Å². The summed E-state index contributed by atoms with van der Waals surface area (Å²) in [7, 11) is 0. The highest BCUT2D eigenvalue weighted by Crippen LogP contribution is 2.25. The molecule has 0 fully saturated rings. The van der Waals surface area contributed by atoms with E-state index < -0.39 is 5.82 Å². The van der Waals surface area contributed by atoms with Gasteiger partial charge in [0.25, 0.3) is 0 Å². The largest absolute Gasteiger partial charge is 0.325 e. The van der Waals surface area contributed by atoms with Gasteiger partial charge < -0.3 is 10.6 Å². The molecule has 0 saturated carbocycles. The molecule has 2 rings (SSSR count). The summed E-state index contributed by atoms with van der Waals surface area (Å²) >= 11 is 12.0. The van der Waals surface area contributed by atoms with E-state index in [1.165, 1.54) is 18.2 Å². The van der Waals surface area contributed by atoms with E-state index in [0.29, 0.717) is 15.7 Å². The Morgan fingerprint density at radius 3 is 2.68 bits per heavy atom. The van der Waals surface area contributed by atoms with Crippen LogP contribution in [0.2, 0.25) is 10.0 Å². The van der Waals surface area contributed by atoms with E-state index in [-0.39, 0.29) is 18.5 Å². The number of rotatable bonds is 5. The van der Waals surface area contributed by atoms with Gasteiger partial charge in [-0.05, 0) is 42.8 Å². The Morgan fingerprint density at radius 2 is 2.00 bits per heavy atom. The zero-order valence-corrected chi connectivity index (χ0v) is 13.4. The van der Waals surface area contributed by atoms with Gasteiger partial charge in [-0.2, -0.15) is 0 Å². The first-order valence-electron chi connectivity index (χ1n) is 6.69. The zero-order chi connectivity index (χ0) is 16.1. The van der Waals surface area contributed by atoms with Gasteiger partial charge in [0.2, 0.25) is 5.91 Å². The lowest BCUT2D eigenvalue weighted by Crippen LogP contribution is -2.30. The molecule has 0 aromatic heterocycles. The predicted octanol–water partition coefficient (Wildman–Crippen LogP) is 4.42. The minimum Gasteiger partial charge on any atom is -0.325 e. The molecule has 2 aromatic rings. The van der Waals surface area contributed by atoms with E-state index in [1.54, 1.807) is 18.2 Å². The first-order valence-corrected chi connectivity index (χ1v) is 7.45. The molecule has 2 N–H and O–H groups in total. The monoisotopic (exact) mass is 340 g/mol. The minimum atomic E-state index is -0.396. The molecular formula is C16H15Cl2FN2O. The summed E-state index contributed by atoms with van der Waals surface area (Å²) in [4.78, 5) is 11.8. The molecule has 0 bridgehead atoms. The van der Waals surface area contributed by atoms with Crippen LogP contribution < -0.4 is 10.6 Å². The number of anilines is 1. The van der Waals surface area contributed by atoms with Crippen molar-refractivity contribution in [2.45, 2.75) is 13.0 Å². The normalized spacial score (nSPS) is 12.0.